The molecule has 0 bridgehead atoms. The molecule has 0 aromatic heterocycles. The zero-order chi connectivity index (χ0) is 22.7. The van der Waals surface area contributed by atoms with Gasteiger partial charge in [-0.2, -0.15) is 0 Å². The second-order valence-electron chi connectivity index (χ2n) is 10.8. The Kier molecular flexibility index (Phi) is 5.06. The van der Waals surface area contributed by atoms with Crippen molar-refractivity contribution in [2.45, 2.75) is 65.4 Å². The summed E-state index contributed by atoms with van der Waals surface area (Å²) >= 11 is 0. The molecule has 1 unspecified atom stereocenters. The topological polar surface area (TPSA) is 69.7 Å². The number of benzene rings is 1. The molecule has 7 atom stereocenters. The van der Waals surface area contributed by atoms with Crippen molar-refractivity contribution in [3.05, 3.63) is 47.7 Å². The maximum Gasteiger partial charge on any atom is 0.338 e. The molecule has 0 amide bonds. The van der Waals surface area contributed by atoms with Crippen LogP contribution in [0.2, 0.25) is 0 Å². The Morgan fingerprint density at radius 2 is 1.81 bits per heavy atom. The van der Waals surface area contributed by atoms with Crippen LogP contribution >= 0.6 is 0 Å². The number of ketones is 1. The molecule has 1 aromatic rings. The van der Waals surface area contributed by atoms with Gasteiger partial charge in [-0.3, -0.25) is 9.59 Å². The number of rotatable bonds is 3. The number of hydrogen-bond donors (Lipinski definition) is 0. The maximum atomic E-state index is 12.8. The van der Waals surface area contributed by atoms with Crippen molar-refractivity contribution in [2.75, 3.05) is 0 Å². The molecule has 5 rings (SSSR count). The van der Waals surface area contributed by atoms with Crippen molar-refractivity contribution in [3.63, 3.8) is 0 Å². The van der Waals surface area contributed by atoms with Crippen LogP contribution < -0.4 is 0 Å². The number of carbonyl (C=O) groups excluding carboxylic acids is 3. The lowest BCUT2D eigenvalue weighted by molar-refractivity contribution is -0.163. The Bertz CT molecular complexity index is 981. The molecule has 32 heavy (non-hydrogen) atoms. The lowest BCUT2D eigenvalue weighted by atomic mass is 9.50. The van der Waals surface area contributed by atoms with Crippen molar-refractivity contribution < 1.29 is 23.9 Å². The van der Waals surface area contributed by atoms with E-state index in [9.17, 15) is 14.4 Å². The van der Waals surface area contributed by atoms with Crippen LogP contribution in [0.4, 0.5) is 0 Å². The first-order valence-corrected chi connectivity index (χ1v) is 11.9. The lowest BCUT2D eigenvalue weighted by Gasteiger charge is -2.56. The van der Waals surface area contributed by atoms with Crippen molar-refractivity contribution in [1.29, 1.82) is 0 Å². The van der Waals surface area contributed by atoms with Crippen LogP contribution in [0.15, 0.2) is 42.2 Å². The van der Waals surface area contributed by atoms with Gasteiger partial charge in [0.25, 0.3) is 0 Å². The summed E-state index contributed by atoms with van der Waals surface area (Å²) in [7, 11) is 0. The highest BCUT2D eigenvalue weighted by molar-refractivity contribution is 5.98. The number of allylic oxidation sites excluding steroid dienone is 2. The molecule has 1 saturated heterocycles. The van der Waals surface area contributed by atoms with Crippen LogP contribution in [0, 0.1) is 34.5 Å². The average molecular weight is 438 g/mol. The van der Waals surface area contributed by atoms with Crippen molar-refractivity contribution in [3.8, 4) is 0 Å². The first kappa shape index (κ1) is 21.4. The van der Waals surface area contributed by atoms with E-state index in [0.717, 1.165) is 37.9 Å². The van der Waals surface area contributed by atoms with Gasteiger partial charge in [0.2, 0.25) is 0 Å². The third-order valence-electron chi connectivity index (χ3n) is 9.18. The van der Waals surface area contributed by atoms with E-state index < -0.39 is 11.9 Å². The van der Waals surface area contributed by atoms with Crippen molar-refractivity contribution in [1.82, 2.24) is 0 Å². The lowest BCUT2D eigenvalue weighted by Crippen LogP contribution is -2.53. The largest absolute Gasteiger partial charge is 0.458 e. The molecule has 0 radical (unpaired) electrons. The SMILES string of the molecule is C[13C](=O)C1C[C@@]2(C)C(=CC[C@H]3[C@@H]4CC[C@H](OC(=O)c5ccccc5)[C@@]4(C)CC[C@@H]32)OC1=O. The minimum atomic E-state index is -0.660. The van der Waals surface area contributed by atoms with Crippen LogP contribution in [-0.2, 0) is 19.1 Å². The van der Waals surface area contributed by atoms with Gasteiger partial charge in [0, 0.05) is 10.8 Å². The molecule has 5 heteroatoms. The third kappa shape index (κ3) is 3.15. The molecule has 0 spiro atoms. The quantitative estimate of drug-likeness (QED) is 0.374. The predicted octanol–water partition coefficient (Wildman–Crippen LogP) is 5.10. The normalized spacial score (nSPS) is 40.3. The van der Waals surface area contributed by atoms with Crippen LogP contribution in [0.1, 0.15) is 69.7 Å². The minimum Gasteiger partial charge on any atom is -0.458 e. The molecule has 170 valence electrons. The molecule has 4 aliphatic rings. The van der Waals surface area contributed by atoms with E-state index in [1.807, 2.05) is 18.2 Å². The van der Waals surface area contributed by atoms with Gasteiger partial charge in [0.1, 0.15) is 23.6 Å². The smallest absolute Gasteiger partial charge is 0.338 e. The fourth-order valence-corrected chi connectivity index (χ4v) is 7.39. The van der Waals surface area contributed by atoms with Crippen molar-refractivity contribution >= 4 is 17.7 Å². The standard InChI is InChI=1S/C27H32O5/c1-16(28)19-15-27(3)21-13-14-26(2)20(18(21)9-11-23(27)32-25(19)30)10-12-22(26)31-24(29)17-7-5-4-6-8-17/h4-8,11,18-22H,9-10,12-15H2,1-3H3/t18-,19?,20-,21-,22-,26-,27+/m0/s1/i16+1. The predicted molar refractivity (Wildman–Crippen MR) is 118 cm³/mol. The molecule has 3 fully saturated rings. The number of esters is 2. The zero-order valence-electron chi connectivity index (χ0n) is 19.1. The molecular formula is C27H32O5. The molecular weight excluding hydrogens is 405 g/mol. The van der Waals surface area contributed by atoms with Crippen LogP contribution in [0.3, 0.4) is 0 Å². The first-order valence-electron chi connectivity index (χ1n) is 11.9. The molecule has 1 aromatic carbocycles. The van der Waals surface area contributed by atoms with Gasteiger partial charge in [-0.05, 0) is 81.4 Å². The van der Waals surface area contributed by atoms with Crippen LogP contribution in [-0.4, -0.2) is 23.8 Å². The van der Waals surface area contributed by atoms with E-state index in [1.165, 1.54) is 6.92 Å². The van der Waals surface area contributed by atoms with Gasteiger partial charge < -0.3 is 9.47 Å². The number of ether oxygens (including phenoxy) is 2. The number of fused-ring (bicyclic) bond motifs is 5. The Morgan fingerprint density at radius 1 is 1.06 bits per heavy atom. The van der Waals surface area contributed by atoms with Gasteiger partial charge >= 0.3 is 11.9 Å². The number of hydrogen-bond acceptors (Lipinski definition) is 5. The van der Waals surface area contributed by atoms with Crippen LogP contribution in [0.25, 0.3) is 0 Å². The molecule has 0 N–H and O–H groups in total. The van der Waals surface area contributed by atoms with Gasteiger partial charge in [0.15, 0.2) is 0 Å². The molecule has 1 heterocycles. The Labute approximate surface area is 189 Å². The molecule has 3 aliphatic carbocycles. The molecule has 1 aliphatic heterocycles. The fraction of sp³-hybridized carbons (Fsp3) is 0.593. The monoisotopic (exact) mass is 437 g/mol. The van der Waals surface area contributed by atoms with E-state index in [1.54, 1.807) is 12.1 Å². The highest BCUT2D eigenvalue weighted by Crippen LogP contribution is 2.65. The van der Waals surface area contributed by atoms with E-state index in [2.05, 4.69) is 19.9 Å². The second-order valence-corrected chi connectivity index (χ2v) is 10.8. The van der Waals surface area contributed by atoms with Gasteiger partial charge in [0.05, 0.1) is 5.56 Å². The minimum absolute atomic E-state index is 0.0430. The molecule has 5 nitrogen and oxygen atoms in total. The summed E-state index contributed by atoms with van der Waals surface area (Å²) in [5.41, 5.74) is 0.275. The summed E-state index contributed by atoms with van der Waals surface area (Å²) in [5.74, 6) is 0.660. The summed E-state index contributed by atoms with van der Waals surface area (Å²) in [6.45, 7) is 5.97. The first-order chi connectivity index (χ1) is 15.2. The summed E-state index contributed by atoms with van der Waals surface area (Å²) < 4.78 is 11.8. The Balaban J connectivity index is 1.38. The second kappa shape index (κ2) is 7.57. The van der Waals surface area contributed by atoms with Crippen LogP contribution in [0.5, 0.6) is 0 Å². The highest BCUT2D eigenvalue weighted by Gasteiger charge is 2.61. The Hall–Kier alpha value is -2.43. The number of carbonyl (C=O) groups is 3. The Morgan fingerprint density at radius 3 is 2.53 bits per heavy atom. The molecule has 2 saturated carbocycles. The average Bonchev–Trinajstić information content (AvgIpc) is 3.10. The zero-order valence-corrected chi connectivity index (χ0v) is 19.1. The highest BCUT2D eigenvalue weighted by atomic mass is 16.5. The summed E-state index contributed by atoms with van der Waals surface area (Å²) in [4.78, 5) is 37.2. The van der Waals surface area contributed by atoms with E-state index >= 15 is 0 Å². The third-order valence-corrected chi connectivity index (χ3v) is 9.18. The summed E-state index contributed by atoms with van der Waals surface area (Å²) in [6, 6.07) is 9.23. The van der Waals surface area contributed by atoms with E-state index in [4.69, 9.17) is 9.47 Å². The summed E-state index contributed by atoms with van der Waals surface area (Å²) in [5, 5.41) is 0. The van der Waals surface area contributed by atoms with E-state index in [-0.39, 0.29) is 28.7 Å². The van der Waals surface area contributed by atoms with E-state index in [0.29, 0.717) is 29.7 Å². The number of Topliss-reactive ketones (excluding diaryl/α,β-unsaturated/α-hetero) is 1. The van der Waals surface area contributed by atoms with Gasteiger partial charge in [-0.25, -0.2) is 4.79 Å². The maximum absolute atomic E-state index is 12.8. The van der Waals surface area contributed by atoms with Crippen molar-refractivity contribution in [2.24, 2.45) is 34.5 Å². The fourth-order valence-electron chi connectivity index (χ4n) is 7.39. The summed E-state index contributed by atoms with van der Waals surface area (Å²) in [6.07, 6.45) is 7.36. The van der Waals surface area contributed by atoms with Gasteiger partial charge in [-0.1, -0.05) is 32.0 Å². The van der Waals surface area contributed by atoms with Gasteiger partial charge in [-0.15, -0.1) is 0 Å².